The van der Waals surface area contributed by atoms with Gasteiger partial charge < -0.3 is 19.5 Å². The van der Waals surface area contributed by atoms with Gasteiger partial charge in [0, 0.05) is 23.1 Å². The van der Waals surface area contributed by atoms with Crippen molar-refractivity contribution in [1.82, 2.24) is 5.32 Å². The van der Waals surface area contributed by atoms with Crippen molar-refractivity contribution < 1.29 is 14.2 Å². The fraction of sp³-hybridized carbons (Fsp3) is 0.294. The number of nitrogens with one attached hydrogen (secondary N) is 1. The summed E-state index contributed by atoms with van der Waals surface area (Å²) in [7, 11) is 4.96. The summed E-state index contributed by atoms with van der Waals surface area (Å²) in [5.74, 6) is 2.34. The zero-order valence-corrected chi connectivity index (χ0v) is 14.6. The lowest BCUT2D eigenvalue weighted by Crippen LogP contribution is -2.14. The van der Waals surface area contributed by atoms with Crippen molar-refractivity contribution in [1.29, 1.82) is 0 Å². The molecule has 22 heavy (non-hydrogen) atoms. The molecule has 1 N–H and O–H groups in total. The van der Waals surface area contributed by atoms with Gasteiger partial charge in [-0.3, -0.25) is 0 Å². The maximum absolute atomic E-state index is 5.47. The molecule has 0 spiro atoms. The summed E-state index contributed by atoms with van der Waals surface area (Å²) < 4.78 is 17.0. The van der Waals surface area contributed by atoms with Gasteiger partial charge in [0.25, 0.3) is 0 Å². The Morgan fingerprint density at radius 1 is 0.864 bits per heavy atom. The predicted molar refractivity (Wildman–Crippen MR) is 90.8 cm³/mol. The van der Waals surface area contributed by atoms with Crippen LogP contribution < -0.4 is 19.5 Å². The van der Waals surface area contributed by atoms with Crippen LogP contribution in [0.15, 0.2) is 40.9 Å². The molecule has 0 aliphatic rings. The van der Waals surface area contributed by atoms with Crippen molar-refractivity contribution in [2.45, 2.75) is 13.1 Å². The standard InChI is InChI=1S/C17H20BrNO3/c1-20-13-6-4-12(5-7-13)10-19-11-14-15(18)8-9-16(21-2)17(14)22-3/h4-9,19H,10-11H2,1-3H3. The van der Waals surface area contributed by atoms with Crippen LogP contribution in [0.1, 0.15) is 11.1 Å². The monoisotopic (exact) mass is 365 g/mol. The molecule has 2 aromatic rings. The van der Waals surface area contributed by atoms with E-state index in [1.165, 1.54) is 5.56 Å². The highest BCUT2D eigenvalue weighted by molar-refractivity contribution is 9.10. The van der Waals surface area contributed by atoms with E-state index in [-0.39, 0.29) is 0 Å². The lowest BCUT2D eigenvalue weighted by Gasteiger charge is -2.15. The van der Waals surface area contributed by atoms with E-state index in [9.17, 15) is 0 Å². The Bertz CT molecular complexity index is 614. The van der Waals surface area contributed by atoms with E-state index in [4.69, 9.17) is 14.2 Å². The molecule has 0 fully saturated rings. The van der Waals surface area contributed by atoms with Crippen LogP contribution in [0.2, 0.25) is 0 Å². The lowest BCUT2D eigenvalue weighted by atomic mass is 10.1. The van der Waals surface area contributed by atoms with Gasteiger partial charge in [-0.2, -0.15) is 0 Å². The molecule has 0 bridgehead atoms. The molecular weight excluding hydrogens is 346 g/mol. The van der Waals surface area contributed by atoms with Crippen molar-refractivity contribution in [2.75, 3.05) is 21.3 Å². The molecule has 0 aliphatic heterocycles. The van der Waals surface area contributed by atoms with Crippen LogP contribution in [-0.4, -0.2) is 21.3 Å². The molecule has 0 amide bonds. The second-order valence-corrected chi connectivity index (χ2v) is 5.57. The summed E-state index contributed by atoms with van der Waals surface area (Å²) in [6, 6.07) is 11.9. The topological polar surface area (TPSA) is 39.7 Å². The normalized spacial score (nSPS) is 10.4. The number of hydrogen-bond acceptors (Lipinski definition) is 4. The van der Waals surface area contributed by atoms with Crippen LogP contribution in [0.25, 0.3) is 0 Å². The van der Waals surface area contributed by atoms with Gasteiger partial charge in [0.05, 0.1) is 21.3 Å². The summed E-state index contributed by atoms with van der Waals surface area (Å²) in [5.41, 5.74) is 2.23. The fourth-order valence-corrected chi connectivity index (χ4v) is 2.66. The number of methoxy groups -OCH3 is 3. The first-order chi connectivity index (χ1) is 10.7. The third-order valence-electron chi connectivity index (χ3n) is 3.38. The smallest absolute Gasteiger partial charge is 0.166 e. The van der Waals surface area contributed by atoms with Crippen LogP contribution in [0, 0.1) is 0 Å². The van der Waals surface area contributed by atoms with Crippen molar-refractivity contribution in [3.8, 4) is 17.2 Å². The third-order valence-corrected chi connectivity index (χ3v) is 4.12. The van der Waals surface area contributed by atoms with Gasteiger partial charge >= 0.3 is 0 Å². The van der Waals surface area contributed by atoms with Gasteiger partial charge in [-0.15, -0.1) is 0 Å². The van der Waals surface area contributed by atoms with Gasteiger partial charge in [0.2, 0.25) is 0 Å². The third kappa shape index (κ3) is 3.93. The van der Waals surface area contributed by atoms with E-state index in [2.05, 4.69) is 21.2 Å². The van der Waals surface area contributed by atoms with Gasteiger partial charge in [-0.05, 0) is 29.8 Å². The Balaban J connectivity index is 2.04. The maximum atomic E-state index is 5.47. The summed E-state index contributed by atoms with van der Waals surface area (Å²) in [4.78, 5) is 0. The second-order valence-electron chi connectivity index (χ2n) is 4.71. The molecule has 5 heteroatoms. The Morgan fingerprint density at radius 2 is 1.59 bits per heavy atom. The average Bonchev–Trinajstić information content (AvgIpc) is 2.56. The minimum atomic E-state index is 0.674. The molecule has 0 heterocycles. The van der Waals surface area contributed by atoms with E-state index >= 15 is 0 Å². The summed E-state index contributed by atoms with van der Waals surface area (Å²) in [5, 5.41) is 3.42. The Labute approximate surface area is 139 Å². The fourth-order valence-electron chi connectivity index (χ4n) is 2.21. The first-order valence-corrected chi connectivity index (χ1v) is 7.72. The van der Waals surface area contributed by atoms with Crippen LogP contribution in [-0.2, 0) is 13.1 Å². The summed E-state index contributed by atoms with van der Waals surface area (Å²) in [6.45, 7) is 1.43. The maximum Gasteiger partial charge on any atom is 0.166 e. The van der Waals surface area contributed by atoms with Gasteiger partial charge in [-0.1, -0.05) is 28.1 Å². The number of hydrogen-bond donors (Lipinski definition) is 1. The quantitative estimate of drug-likeness (QED) is 0.810. The highest BCUT2D eigenvalue weighted by Gasteiger charge is 2.13. The van der Waals surface area contributed by atoms with Crippen LogP contribution in [0.3, 0.4) is 0 Å². The first-order valence-electron chi connectivity index (χ1n) is 6.92. The zero-order valence-electron chi connectivity index (χ0n) is 13.0. The predicted octanol–water partition coefficient (Wildman–Crippen LogP) is 3.76. The van der Waals surface area contributed by atoms with E-state index in [1.54, 1.807) is 21.3 Å². The molecule has 0 aromatic heterocycles. The summed E-state index contributed by atoms with van der Waals surface area (Å²) >= 11 is 3.56. The number of benzene rings is 2. The summed E-state index contributed by atoms with van der Waals surface area (Å²) in [6.07, 6.45) is 0. The molecule has 0 radical (unpaired) electrons. The largest absolute Gasteiger partial charge is 0.497 e. The minimum Gasteiger partial charge on any atom is -0.497 e. The van der Waals surface area contributed by atoms with Crippen LogP contribution in [0.4, 0.5) is 0 Å². The first kappa shape index (κ1) is 16.6. The number of halogens is 1. The van der Waals surface area contributed by atoms with E-state index in [1.807, 2.05) is 36.4 Å². The SMILES string of the molecule is COc1ccc(CNCc2c(Br)ccc(OC)c2OC)cc1. The molecule has 0 unspecified atom stereocenters. The van der Waals surface area contributed by atoms with Crippen molar-refractivity contribution in [2.24, 2.45) is 0 Å². The Kier molecular flexibility index (Phi) is 6.10. The molecule has 2 rings (SSSR count). The number of ether oxygens (including phenoxy) is 3. The molecule has 0 aliphatic carbocycles. The molecule has 0 saturated heterocycles. The van der Waals surface area contributed by atoms with E-state index in [0.717, 1.165) is 33.8 Å². The van der Waals surface area contributed by atoms with E-state index in [0.29, 0.717) is 6.54 Å². The number of rotatable bonds is 7. The van der Waals surface area contributed by atoms with Crippen molar-refractivity contribution in [3.05, 3.63) is 52.0 Å². The molecule has 4 nitrogen and oxygen atoms in total. The van der Waals surface area contributed by atoms with Crippen molar-refractivity contribution in [3.63, 3.8) is 0 Å². The van der Waals surface area contributed by atoms with Gasteiger partial charge in [-0.25, -0.2) is 0 Å². The molecule has 2 aromatic carbocycles. The van der Waals surface area contributed by atoms with Crippen LogP contribution in [0.5, 0.6) is 17.2 Å². The lowest BCUT2D eigenvalue weighted by molar-refractivity contribution is 0.350. The zero-order chi connectivity index (χ0) is 15.9. The highest BCUT2D eigenvalue weighted by atomic mass is 79.9. The molecule has 118 valence electrons. The second kappa shape index (κ2) is 8.06. The Morgan fingerprint density at radius 3 is 2.18 bits per heavy atom. The van der Waals surface area contributed by atoms with Crippen LogP contribution >= 0.6 is 15.9 Å². The van der Waals surface area contributed by atoms with Crippen molar-refractivity contribution >= 4 is 15.9 Å². The molecule has 0 saturated carbocycles. The average molecular weight is 366 g/mol. The van der Waals surface area contributed by atoms with Gasteiger partial charge in [0.15, 0.2) is 11.5 Å². The van der Waals surface area contributed by atoms with E-state index < -0.39 is 0 Å². The van der Waals surface area contributed by atoms with Gasteiger partial charge in [0.1, 0.15) is 5.75 Å². The Hall–Kier alpha value is -1.72. The minimum absolute atomic E-state index is 0.674. The molecular formula is C17H20BrNO3. The highest BCUT2D eigenvalue weighted by Crippen LogP contribution is 2.35. The molecule has 0 atom stereocenters.